The van der Waals surface area contributed by atoms with Gasteiger partial charge in [0.2, 0.25) is 0 Å². The molecule has 6 heteroatoms. The van der Waals surface area contributed by atoms with Gasteiger partial charge in [-0.2, -0.15) is 0 Å². The van der Waals surface area contributed by atoms with Crippen molar-refractivity contribution in [2.75, 3.05) is 52.5 Å². The SMILES string of the molecule is CCCCN(CCCC)CCCOc1ccc2sc3ccc(OCCCN(CCCC)CCCC)cc3c2c1.Cl. The summed E-state index contributed by atoms with van der Waals surface area (Å²) in [7, 11) is 0. The number of halogens is 1. The van der Waals surface area contributed by atoms with Crippen molar-refractivity contribution in [1.82, 2.24) is 9.80 Å². The first-order valence-corrected chi connectivity index (χ1v) is 16.7. The van der Waals surface area contributed by atoms with Crippen LogP contribution in [0.3, 0.4) is 0 Å². The average Bonchev–Trinajstić information content (AvgIpc) is 3.32. The van der Waals surface area contributed by atoms with E-state index in [-0.39, 0.29) is 12.4 Å². The molecular weight excluding hydrogens is 536 g/mol. The Morgan fingerprint density at radius 3 is 1.23 bits per heavy atom. The quantitative estimate of drug-likeness (QED) is 0.109. The Balaban J connectivity index is 0.00000560. The highest BCUT2D eigenvalue weighted by atomic mass is 35.5. The van der Waals surface area contributed by atoms with E-state index in [1.807, 2.05) is 11.3 Å². The van der Waals surface area contributed by atoms with Crippen molar-refractivity contribution < 1.29 is 9.47 Å². The first-order chi connectivity index (χ1) is 19.2. The van der Waals surface area contributed by atoms with Crippen LogP contribution in [0.25, 0.3) is 20.2 Å². The van der Waals surface area contributed by atoms with Gasteiger partial charge < -0.3 is 19.3 Å². The summed E-state index contributed by atoms with van der Waals surface area (Å²) in [5.74, 6) is 1.95. The van der Waals surface area contributed by atoms with Gasteiger partial charge in [-0.1, -0.05) is 53.4 Å². The molecule has 0 amide bonds. The molecule has 0 saturated heterocycles. The van der Waals surface area contributed by atoms with Crippen molar-refractivity contribution in [3.63, 3.8) is 0 Å². The lowest BCUT2D eigenvalue weighted by Gasteiger charge is -2.21. The lowest BCUT2D eigenvalue weighted by atomic mass is 10.1. The molecule has 3 aromatic rings. The highest BCUT2D eigenvalue weighted by molar-refractivity contribution is 7.25. The van der Waals surface area contributed by atoms with E-state index in [0.29, 0.717) is 0 Å². The lowest BCUT2D eigenvalue weighted by Crippen LogP contribution is -2.28. The average molecular weight is 591 g/mol. The second-order valence-electron chi connectivity index (χ2n) is 10.9. The van der Waals surface area contributed by atoms with E-state index in [9.17, 15) is 0 Å². The first kappa shape index (κ1) is 34.7. The van der Waals surface area contributed by atoms with Gasteiger partial charge in [0.25, 0.3) is 0 Å². The summed E-state index contributed by atoms with van der Waals surface area (Å²) in [5.41, 5.74) is 0. The summed E-state index contributed by atoms with van der Waals surface area (Å²) in [5, 5.41) is 2.55. The van der Waals surface area contributed by atoms with Crippen LogP contribution in [-0.2, 0) is 0 Å². The summed E-state index contributed by atoms with van der Waals surface area (Å²) in [6.07, 6.45) is 12.3. The number of unbranched alkanes of at least 4 members (excludes halogenated alkanes) is 4. The van der Waals surface area contributed by atoms with E-state index < -0.39 is 0 Å². The number of hydrogen-bond acceptors (Lipinski definition) is 5. The topological polar surface area (TPSA) is 24.9 Å². The largest absolute Gasteiger partial charge is 0.494 e. The van der Waals surface area contributed by atoms with E-state index in [0.717, 1.165) is 50.6 Å². The second-order valence-corrected chi connectivity index (χ2v) is 12.0. The molecular formula is C34H55ClN2O2S. The zero-order valence-corrected chi connectivity index (χ0v) is 27.4. The Hall–Kier alpha value is -1.53. The van der Waals surface area contributed by atoms with Crippen molar-refractivity contribution >= 4 is 43.9 Å². The van der Waals surface area contributed by atoms with E-state index in [4.69, 9.17) is 9.47 Å². The van der Waals surface area contributed by atoms with Gasteiger partial charge in [0, 0.05) is 33.3 Å². The smallest absolute Gasteiger partial charge is 0.120 e. The summed E-state index contributed by atoms with van der Waals surface area (Å²) in [6.45, 7) is 17.7. The Labute approximate surface area is 254 Å². The molecule has 0 spiro atoms. The molecule has 2 aromatic carbocycles. The fraction of sp³-hybridized carbons (Fsp3) is 0.647. The summed E-state index contributed by atoms with van der Waals surface area (Å²) in [4.78, 5) is 5.23. The fourth-order valence-electron chi connectivity index (χ4n) is 5.07. The van der Waals surface area contributed by atoms with Crippen LogP contribution in [0.4, 0.5) is 0 Å². The minimum absolute atomic E-state index is 0. The maximum Gasteiger partial charge on any atom is 0.120 e. The molecule has 0 saturated carbocycles. The van der Waals surface area contributed by atoms with E-state index in [2.05, 4.69) is 73.9 Å². The molecule has 0 radical (unpaired) electrons. The van der Waals surface area contributed by atoms with Gasteiger partial charge in [0.05, 0.1) is 13.2 Å². The molecule has 0 unspecified atom stereocenters. The minimum atomic E-state index is 0. The first-order valence-electron chi connectivity index (χ1n) is 15.8. The maximum atomic E-state index is 6.22. The zero-order valence-electron chi connectivity index (χ0n) is 25.7. The number of fused-ring (bicyclic) bond motifs is 3. The highest BCUT2D eigenvalue weighted by Crippen LogP contribution is 2.37. The normalized spacial score (nSPS) is 11.6. The van der Waals surface area contributed by atoms with Gasteiger partial charge in [-0.15, -0.1) is 23.7 Å². The molecule has 1 heterocycles. The maximum absolute atomic E-state index is 6.22. The summed E-state index contributed by atoms with van der Waals surface area (Å²) >= 11 is 1.85. The van der Waals surface area contributed by atoms with E-state index in [1.54, 1.807) is 0 Å². The molecule has 0 fully saturated rings. The molecule has 0 bridgehead atoms. The van der Waals surface area contributed by atoms with Crippen LogP contribution in [-0.4, -0.2) is 62.3 Å². The third-order valence-electron chi connectivity index (χ3n) is 7.50. The van der Waals surface area contributed by atoms with Crippen LogP contribution < -0.4 is 9.47 Å². The number of benzene rings is 2. The number of hydrogen-bond donors (Lipinski definition) is 0. The number of nitrogens with zero attached hydrogens (tertiary/aromatic N) is 2. The number of rotatable bonds is 22. The third-order valence-corrected chi connectivity index (χ3v) is 8.65. The molecule has 226 valence electrons. The number of ether oxygens (including phenoxy) is 2. The zero-order chi connectivity index (χ0) is 27.7. The number of thiophene rings is 1. The van der Waals surface area contributed by atoms with Gasteiger partial charge in [-0.25, -0.2) is 0 Å². The van der Waals surface area contributed by atoms with E-state index in [1.165, 1.54) is 97.7 Å². The predicted octanol–water partition coefficient (Wildman–Crippen LogP) is 9.82. The van der Waals surface area contributed by atoms with Crippen molar-refractivity contribution in [3.8, 4) is 11.5 Å². The monoisotopic (exact) mass is 590 g/mol. The van der Waals surface area contributed by atoms with Crippen LogP contribution >= 0.6 is 23.7 Å². The molecule has 3 rings (SSSR count). The van der Waals surface area contributed by atoms with Gasteiger partial charge in [0.1, 0.15) is 11.5 Å². The Morgan fingerprint density at radius 1 is 0.525 bits per heavy atom. The Morgan fingerprint density at radius 2 is 0.875 bits per heavy atom. The molecule has 0 atom stereocenters. The minimum Gasteiger partial charge on any atom is -0.494 e. The molecule has 0 aliphatic heterocycles. The lowest BCUT2D eigenvalue weighted by molar-refractivity contribution is 0.229. The third kappa shape index (κ3) is 11.8. The van der Waals surface area contributed by atoms with Crippen LogP contribution in [0.1, 0.15) is 91.9 Å². The van der Waals surface area contributed by atoms with Gasteiger partial charge in [-0.05, 0) is 101 Å². The van der Waals surface area contributed by atoms with Crippen molar-refractivity contribution in [2.45, 2.75) is 91.9 Å². The molecule has 4 nitrogen and oxygen atoms in total. The molecule has 0 N–H and O–H groups in total. The molecule has 0 aliphatic carbocycles. The van der Waals surface area contributed by atoms with Crippen LogP contribution in [0.5, 0.6) is 11.5 Å². The second kappa shape index (κ2) is 20.4. The van der Waals surface area contributed by atoms with E-state index >= 15 is 0 Å². The summed E-state index contributed by atoms with van der Waals surface area (Å²) < 4.78 is 15.1. The molecule has 0 aliphatic rings. The van der Waals surface area contributed by atoms with Crippen molar-refractivity contribution in [2.24, 2.45) is 0 Å². The van der Waals surface area contributed by atoms with Gasteiger partial charge in [-0.3, -0.25) is 0 Å². The predicted molar refractivity (Wildman–Crippen MR) is 179 cm³/mol. The van der Waals surface area contributed by atoms with Crippen LogP contribution in [0.15, 0.2) is 36.4 Å². The van der Waals surface area contributed by atoms with Gasteiger partial charge in [0.15, 0.2) is 0 Å². The van der Waals surface area contributed by atoms with Gasteiger partial charge >= 0.3 is 0 Å². The standard InChI is InChI=1S/C34H54N2O2S.ClH/c1-5-9-19-35(20-10-6-2)23-13-25-37-29-15-17-33-31(27-29)32-28-30(16-18-34(32)39-33)38-26-14-24-36(21-11-7-3)22-12-8-4;/h15-18,27-28H,5-14,19-26H2,1-4H3;1H. The fourth-order valence-corrected chi connectivity index (χ4v) is 6.14. The Kier molecular flexibility index (Phi) is 17.7. The highest BCUT2D eigenvalue weighted by Gasteiger charge is 2.10. The van der Waals surface area contributed by atoms with Crippen LogP contribution in [0, 0.1) is 0 Å². The molecule has 1 aromatic heterocycles. The van der Waals surface area contributed by atoms with Crippen molar-refractivity contribution in [1.29, 1.82) is 0 Å². The van der Waals surface area contributed by atoms with Crippen LogP contribution in [0.2, 0.25) is 0 Å². The summed E-state index contributed by atoms with van der Waals surface area (Å²) in [6, 6.07) is 13.1. The Bertz CT molecular complexity index is 974. The van der Waals surface area contributed by atoms with Crippen molar-refractivity contribution in [3.05, 3.63) is 36.4 Å². The molecule has 40 heavy (non-hydrogen) atoms.